The lowest BCUT2D eigenvalue weighted by Crippen LogP contribution is -2.26. The Morgan fingerprint density at radius 3 is 2.54 bits per heavy atom. The van der Waals surface area contributed by atoms with Crippen LogP contribution in [0.3, 0.4) is 0 Å². The molecule has 16 heteroatoms. The van der Waals surface area contributed by atoms with E-state index < -0.39 is 40.8 Å². The fourth-order valence-corrected chi connectivity index (χ4v) is 3.71. The number of nitrogens with zero attached hydrogens (tertiary/aromatic N) is 4. The van der Waals surface area contributed by atoms with Crippen LogP contribution in [0.15, 0.2) is 30.9 Å². The average molecular weight is 531 g/mol. The Kier molecular flexibility index (Phi) is 8.29. The van der Waals surface area contributed by atoms with E-state index in [1.807, 2.05) is 0 Å². The molecule has 3 aromatic heterocycles. The van der Waals surface area contributed by atoms with E-state index in [2.05, 4.69) is 35.9 Å². The van der Waals surface area contributed by atoms with Gasteiger partial charge in [-0.2, -0.15) is 13.2 Å². The quantitative estimate of drug-likeness (QED) is 0.275. The first-order valence-electron chi connectivity index (χ1n) is 9.73. The maximum atomic E-state index is 13.0. The summed E-state index contributed by atoms with van der Waals surface area (Å²) in [5.41, 5.74) is 4.27. The summed E-state index contributed by atoms with van der Waals surface area (Å²) >= 11 is 6.49. The summed E-state index contributed by atoms with van der Waals surface area (Å²) in [6, 6.07) is 1.43. The Morgan fingerprint density at radius 1 is 1.14 bits per heavy atom. The number of aliphatic hydroxyl groups is 1. The van der Waals surface area contributed by atoms with Gasteiger partial charge in [-0.15, -0.1) is 11.3 Å². The molecular weight excluding hydrogens is 513 g/mol. The zero-order valence-corrected chi connectivity index (χ0v) is 19.4. The molecule has 0 radical (unpaired) electrons. The van der Waals surface area contributed by atoms with Crippen LogP contribution in [-0.2, 0) is 11.0 Å². The van der Waals surface area contributed by atoms with Gasteiger partial charge in [0.05, 0.1) is 35.1 Å². The summed E-state index contributed by atoms with van der Waals surface area (Å²) in [4.78, 5) is 39.6. The fourth-order valence-electron chi connectivity index (χ4n) is 2.67. The van der Waals surface area contributed by atoms with Crippen molar-refractivity contribution in [2.45, 2.75) is 25.4 Å². The van der Waals surface area contributed by atoms with E-state index in [1.165, 1.54) is 12.3 Å². The van der Waals surface area contributed by atoms with Gasteiger partial charge >= 0.3 is 6.18 Å². The molecule has 3 heterocycles. The van der Waals surface area contributed by atoms with E-state index in [4.69, 9.17) is 17.3 Å². The van der Waals surface area contributed by atoms with Crippen molar-refractivity contribution in [3.63, 3.8) is 0 Å². The molecule has 2 unspecified atom stereocenters. The van der Waals surface area contributed by atoms with Crippen molar-refractivity contribution in [2.24, 2.45) is 5.73 Å². The normalized spacial score (nSPS) is 13.2. The van der Waals surface area contributed by atoms with Crippen molar-refractivity contribution in [3.05, 3.63) is 57.0 Å². The summed E-state index contributed by atoms with van der Waals surface area (Å²) in [6.07, 6.45) is -2.80. The molecule has 0 aliphatic heterocycles. The van der Waals surface area contributed by atoms with E-state index in [1.54, 1.807) is 6.92 Å². The highest BCUT2D eigenvalue weighted by molar-refractivity contribution is 7.13. The lowest BCUT2D eigenvalue weighted by Gasteiger charge is -2.17. The van der Waals surface area contributed by atoms with E-state index >= 15 is 0 Å². The number of anilines is 2. The number of carbonyl (C=O) groups excluding carboxylic acids is 2. The molecule has 2 amide bonds. The number of nitrogens with one attached hydrogen (secondary N) is 3. The van der Waals surface area contributed by atoms with Gasteiger partial charge in [0.1, 0.15) is 34.1 Å². The minimum absolute atomic E-state index is 0.0993. The first-order valence-corrected chi connectivity index (χ1v) is 10.9. The predicted octanol–water partition coefficient (Wildman–Crippen LogP) is 2.49. The third-order valence-electron chi connectivity index (χ3n) is 4.35. The highest BCUT2D eigenvalue weighted by atomic mass is 35.5. The zero-order chi connectivity index (χ0) is 25.8. The molecule has 0 aliphatic carbocycles. The molecular formula is C19H18ClF3N8O3S. The Morgan fingerprint density at radius 2 is 1.86 bits per heavy atom. The van der Waals surface area contributed by atoms with Crippen LogP contribution in [0, 0.1) is 0 Å². The first-order chi connectivity index (χ1) is 16.5. The van der Waals surface area contributed by atoms with Gasteiger partial charge < -0.3 is 21.5 Å². The van der Waals surface area contributed by atoms with Crippen LogP contribution in [0.2, 0.25) is 5.02 Å². The van der Waals surface area contributed by atoms with Gasteiger partial charge in [-0.3, -0.25) is 14.9 Å². The number of aliphatic hydroxyl groups excluding tert-OH is 1. The third kappa shape index (κ3) is 6.89. The van der Waals surface area contributed by atoms with E-state index in [9.17, 15) is 27.9 Å². The van der Waals surface area contributed by atoms with Crippen molar-refractivity contribution < 1.29 is 27.9 Å². The van der Waals surface area contributed by atoms with E-state index in [0.29, 0.717) is 11.1 Å². The van der Waals surface area contributed by atoms with Gasteiger partial charge in [-0.25, -0.2) is 19.9 Å². The van der Waals surface area contributed by atoms with Crippen LogP contribution >= 0.6 is 22.9 Å². The molecule has 0 aliphatic rings. The van der Waals surface area contributed by atoms with Crippen molar-refractivity contribution in [1.29, 1.82) is 0 Å². The molecule has 0 bridgehead atoms. The molecule has 2 atom stereocenters. The van der Waals surface area contributed by atoms with Crippen LogP contribution in [0.1, 0.15) is 45.1 Å². The molecule has 0 saturated carbocycles. The number of nitrogens with two attached hydrogens (primary N) is 1. The van der Waals surface area contributed by atoms with Crippen LogP contribution < -0.4 is 21.7 Å². The number of hydrogen-bond acceptors (Lipinski definition) is 10. The predicted molar refractivity (Wildman–Crippen MR) is 121 cm³/mol. The fraction of sp³-hybridized carbons (Fsp3) is 0.263. The topological polar surface area (TPSA) is 168 Å². The van der Waals surface area contributed by atoms with E-state index in [-0.39, 0.29) is 28.8 Å². The van der Waals surface area contributed by atoms with Crippen LogP contribution in [0.25, 0.3) is 0 Å². The second-order valence-corrected chi connectivity index (χ2v) is 8.40. The Labute approximate surface area is 205 Å². The molecule has 35 heavy (non-hydrogen) atoms. The maximum absolute atomic E-state index is 13.0. The first kappa shape index (κ1) is 26.4. The van der Waals surface area contributed by atoms with Crippen LogP contribution in [0.5, 0.6) is 0 Å². The SMILES string of the molecule is CC(NC(O)c1cc(NC(=O)CN)ncn1)c1ncc(C(=O)Nc2cc(C(F)(F)F)c(Cl)cn2)s1. The molecule has 0 spiro atoms. The summed E-state index contributed by atoms with van der Waals surface area (Å²) in [5, 5.41) is 17.8. The second kappa shape index (κ2) is 11.0. The molecule has 0 fully saturated rings. The van der Waals surface area contributed by atoms with Crippen molar-refractivity contribution in [2.75, 3.05) is 17.2 Å². The second-order valence-electron chi connectivity index (χ2n) is 6.94. The molecule has 11 nitrogen and oxygen atoms in total. The van der Waals surface area contributed by atoms with Gasteiger partial charge in [0.25, 0.3) is 5.91 Å². The van der Waals surface area contributed by atoms with Gasteiger partial charge in [0, 0.05) is 12.3 Å². The number of hydrogen-bond donors (Lipinski definition) is 5. The Hall–Kier alpha value is -3.24. The Bertz CT molecular complexity index is 1230. The third-order valence-corrected chi connectivity index (χ3v) is 5.83. The lowest BCUT2D eigenvalue weighted by molar-refractivity contribution is -0.137. The minimum Gasteiger partial charge on any atom is -0.373 e. The van der Waals surface area contributed by atoms with E-state index in [0.717, 1.165) is 23.9 Å². The monoisotopic (exact) mass is 530 g/mol. The van der Waals surface area contributed by atoms with Crippen LogP contribution in [0.4, 0.5) is 24.8 Å². The molecule has 0 aromatic carbocycles. The minimum atomic E-state index is -4.71. The molecule has 6 N–H and O–H groups in total. The van der Waals surface area contributed by atoms with Crippen molar-refractivity contribution >= 4 is 46.4 Å². The number of pyridine rings is 1. The highest BCUT2D eigenvalue weighted by Gasteiger charge is 2.34. The summed E-state index contributed by atoms with van der Waals surface area (Å²) in [5.74, 6) is -1.37. The van der Waals surface area contributed by atoms with Gasteiger partial charge in [-0.1, -0.05) is 11.6 Å². The summed E-state index contributed by atoms with van der Waals surface area (Å²) in [7, 11) is 0. The number of thiazole rings is 1. The molecule has 186 valence electrons. The van der Waals surface area contributed by atoms with Gasteiger partial charge in [0.15, 0.2) is 0 Å². The number of halogens is 4. The van der Waals surface area contributed by atoms with Gasteiger partial charge in [-0.05, 0) is 13.0 Å². The number of amides is 2. The number of aromatic nitrogens is 4. The summed E-state index contributed by atoms with van der Waals surface area (Å²) < 4.78 is 39.0. The number of alkyl halides is 3. The highest BCUT2D eigenvalue weighted by Crippen LogP contribution is 2.35. The van der Waals surface area contributed by atoms with Crippen LogP contribution in [-0.4, -0.2) is 43.4 Å². The molecule has 3 rings (SSSR count). The zero-order valence-electron chi connectivity index (χ0n) is 17.8. The largest absolute Gasteiger partial charge is 0.418 e. The van der Waals surface area contributed by atoms with Gasteiger partial charge in [0.2, 0.25) is 5.91 Å². The number of rotatable bonds is 8. The lowest BCUT2D eigenvalue weighted by atomic mass is 10.2. The van der Waals surface area contributed by atoms with Crippen molar-refractivity contribution in [3.8, 4) is 0 Å². The average Bonchev–Trinajstić information content (AvgIpc) is 3.30. The molecule has 0 saturated heterocycles. The smallest absolute Gasteiger partial charge is 0.373 e. The Balaban J connectivity index is 1.66. The number of carbonyl (C=O) groups is 2. The van der Waals surface area contributed by atoms with Crippen molar-refractivity contribution in [1.82, 2.24) is 25.3 Å². The maximum Gasteiger partial charge on any atom is 0.418 e. The molecule has 3 aromatic rings. The summed E-state index contributed by atoms with van der Waals surface area (Å²) in [6.45, 7) is 1.42. The standard InChI is InChI=1S/C19H18ClF3N8O3S/c1-8(29-16(33)11-3-14(28-7-27-11)30-15(32)4-24)18-26-6-12(35-18)17(34)31-13-2-9(19(21,22)23)10(20)5-25-13/h2-3,5-8,16,29,33H,4,24H2,1H3,(H,25,31,34)(H,27,28,30,32).